The summed E-state index contributed by atoms with van der Waals surface area (Å²) in [6.45, 7) is 4.08. The SMILES string of the molecule is CCCn1c(C)c(C(=O)c2ccccc2)c(=O)c2cc(F)c(F)cc21. The number of halogens is 2. The van der Waals surface area contributed by atoms with Crippen LogP contribution >= 0.6 is 0 Å². The number of benzene rings is 2. The molecule has 0 amide bonds. The van der Waals surface area contributed by atoms with E-state index in [-0.39, 0.29) is 10.9 Å². The zero-order valence-corrected chi connectivity index (χ0v) is 14.0. The van der Waals surface area contributed by atoms with Crippen molar-refractivity contribution >= 4 is 16.7 Å². The van der Waals surface area contributed by atoms with E-state index in [0.717, 1.165) is 18.6 Å². The van der Waals surface area contributed by atoms with Crippen LogP contribution in [0.4, 0.5) is 8.78 Å². The average Bonchev–Trinajstić information content (AvgIpc) is 2.61. The van der Waals surface area contributed by atoms with E-state index in [0.29, 0.717) is 23.3 Å². The normalized spacial score (nSPS) is 11.0. The molecule has 0 saturated heterocycles. The molecule has 0 bridgehead atoms. The van der Waals surface area contributed by atoms with Gasteiger partial charge in [-0.2, -0.15) is 0 Å². The van der Waals surface area contributed by atoms with Crippen LogP contribution in [-0.4, -0.2) is 10.4 Å². The molecule has 3 nitrogen and oxygen atoms in total. The fourth-order valence-corrected chi connectivity index (χ4v) is 3.07. The first-order chi connectivity index (χ1) is 12.0. The van der Waals surface area contributed by atoms with Crippen LogP contribution in [0.1, 0.15) is 35.0 Å². The number of hydrogen-bond acceptors (Lipinski definition) is 2. The van der Waals surface area contributed by atoms with E-state index in [2.05, 4.69) is 0 Å². The number of rotatable bonds is 4. The number of hydrogen-bond donors (Lipinski definition) is 0. The molecule has 0 N–H and O–H groups in total. The number of nitrogens with zero attached hydrogens (tertiary/aromatic N) is 1. The molecular weight excluding hydrogens is 324 g/mol. The minimum atomic E-state index is -1.10. The number of aryl methyl sites for hydroxylation is 1. The summed E-state index contributed by atoms with van der Waals surface area (Å²) in [4.78, 5) is 25.7. The van der Waals surface area contributed by atoms with Crippen LogP contribution in [0.25, 0.3) is 10.9 Å². The third-order valence-corrected chi connectivity index (χ3v) is 4.28. The van der Waals surface area contributed by atoms with Gasteiger partial charge in [-0.3, -0.25) is 9.59 Å². The summed E-state index contributed by atoms with van der Waals surface area (Å²) >= 11 is 0. The fraction of sp³-hybridized carbons (Fsp3) is 0.200. The Morgan fingerprint density at radius 3 is 2.36 bits per heavy atom. The lowest BCUT2D eigenvalue weighted by Gasteiger charge is -2.17. The predicted molar refractivity (Wildman–Crippen MR) is 93.0 cm³/mol. The molecule has 0 radical (unpaired) electrons. The Bertz CT molecular complexity index is 1020. The van der Waals surface area contributed by atoms with Gasteiger partial charge in [0, 0.05) is 29.3 Å². The van der Waals surface area contributed by atoms with E-state index in [1.54, 1.807) is 41.8 Å². The van der Waals surface area contributed by atoms with Crippen molar-refractivity contribution < 1.29 is 13.6 Å². The molecule has 0 unspecified atom stereocenters. The Labute approximate surface area is 143 Å². The molecule has 0 spiro atoms. The molecule has 2 aromatic carbocycles. The number of pyridine rings is 1. The van der Waals surface area contributed by atoms with Crippen LogP contribution in [0, 0.1) is 18.6 Å². The first-order valence-electron chi connectivity index (χ1n) is 8.07. The highest BCUT2D eigenvalue weighted by molar-refractivity contribution is 6.11. The minimum Gasteiger partial charge on any atom is -0.344 e. The third kappa shape index (κ3) is 2.86. The molecule has 5 heteroatoms. The average molecular weight is 341 g/mol. The van der Waals surface area contributed by atoms with Crippen molar-refractivity contribution in [2.75, 3.05) is 0 Å². The third-order valence-electron chi connectivity index (χ3n) is 4.28. The van der Waals surface area contributed by atoms with Crippen molar-refractivity contribution in [2.45, 2.75) is 26.8 Å². The summed E-state index contributed by atoms with van der Waals surface area (Å²) in [5.41, 5.74) is 0.561. The maximum absolute atomic E-state index is 13.7. The second-order valence-corrected chi connectivity index (χ2v) is 5.92. The Morgan fingerprint density at radius 2 is 1.72 bits per heavy atom. The molecule has 3 aromatic rings. The molecular formula is C20H17F2NO2. The second-order valence-electron chi connectivity index (χ2n) is 5.92. The maximum Gasteiger partial charge on any atom is 0.200 e. The number of aromatic nitrogens is 1. The van der Waals surface area contributed by atoms with Gasteiger partial charge >= 0.3 is 0 Å². The lowest BCUT2D eigenvalue weighted by molar-refractivity contribution is 0.103. The van der Waals surface area contributed by atoms with Gasteiger partial charge < -0.3 is 4.57 Å². The van der Waals surface area contributed by atoms with Crippen LogP contribution < -0.4 is 5.43 Å². The lowest BCUT2D eigenvalue weighted by Crippen LogP contribution is -2.24. The molecule has 0 aliphatic carbocycles. The van der Waals surface area contributed by atoms with Crippen LogP contribution in [0.15, 0.2) is 47.3 Å². The number of carbonyl (C=O) groups is 1. The molecule has 0 fully saturated rings. The smallest absolute Gasteiger partial charge is 0.200 e. The lowest BCUT2D eigenvalue weighted by atomic mass is 9.99. The molecule has 3 rings (SSSR count). The Hall–Kier alpha value is -2.82. The molecule has 128 valence electrons. The van der Waals surface area contributed by atoms with E-state index >= 15 is 0 Å². The van der Waals surface area contributed by atoms with Crippen LogP contribution in [0.3, 0.4) is 0 Å². The Balaban J connectivity index is 2.38. The van der Waals surface area contributed by atoms with Gasteiger partial charge in [0.15, 0.2) is 17.4 Å². The summed E-state index contributed by atoms with van der Waals surface area (Å²) in [6, 6.07) is 10.3. The molecule has 0 aliphatic rings. The van der Waals surface area contributed by atoms with E-state index in [1.165, 1.54) is 0 Å². The van der Waals surface area contributed by atoms with Crippen molar-refractivity contribution in [1.29, 1.82) is 0 Å². The highest BCUT2D eigenvalue weighted by Gasteiger charge is 2.22. The van der Waals surface area contributed by atoms with Crippen molar-refractivity contribution in [1.82, 2.24) is 4.57 Å². The van der Waals surface area contributed by atoms with Gasteiger partial charge in [-0.15, -0.1) is 0 Å². The first-order valence-corrected chi connectivity index (χ1v) is 8.07. The van der Waals surface area contributed by atoms with Crippen LogP contribution in [0.2, 0.25) is 0 Å². The summed E-state index contributed by atoms with van der Waals surface area (Å²) in [5.74, 6) is -2.53. The highest BCUT2D eigenvalue weighted by atomic mass is 19.2. The highest BCUT2D eigenvalue weighted by Crippen LogP contribution is 2.21. The van der Waals surface area contributed by atoms with Crippen LogP contribution in [-0.2, 0) is 6.54 Å². The first kappa shape index (κ1) is 17.0. The monoisotopic (exact) mass is 341 g/mol. The van der Waals surface area contributed by atoms with Gasteiger partial charge in [0.25, 0.3) is 0 Å². The number of ketones is 1. The zero-order chi connectivity index (χ0) is 18.1. The van der Waals surface area contributed by atoms with Gasteiger partial charge in [-0.1, -0.05) is 37.3 Å². The number of fused-ring (bicyclic) bond motifs is 1. The van der Waals surface area contributed by atoms with E-state index in [4.69, 9.17) is 0 Å². The minimum absolute atomic E-state index is 0.00171. The van der Waals surface area contributed by atoms with E-state index < -0.39 is 22.8 Å². The molecule has 0 atom stereocenters. The van der Waals surface area contributed by atoms with Crippen molar-refractivity contribution in [3.8, 4) is 0 Å². The Morgan fingerprint density at radius 1 is 1.08 bits per heavy atom. The van der Waals surface area contributed by atoms with Gasteiger partial charge in [0.2, 0.25) is 5.43 Å². The van der Waals surface area contributed by atoms with Gasteiger partial charge in [0.1, 0.15) is 0 Å². The topological polar surface area (TPSA) is 39.1 Å². The van der Waals surface area contributed by atoms with Crippen molar-refractivity contribution in [3.63, 3.8) is 0 Å². The van der Waals surface area contributed by atoms with E-state index in [1.807, 2.05) is 6.92 Å². The fourth-order valence-electron chi connectivity index (χ4n) is 3.07. The van der Waals surface area contributed by atoms with Crippen molar-refractivity contribution in [3.05, 3.63) is 81.1 Å². The summed E-state index contributed by atoms with van der Waals surface area (Å²) in [5, 5.41) is 0.0113. The van der Waals surface area contributed by atoms with Crippen molar-refractivity contribution in [2.24, 2.45) is 0 Å². The summed E-state index contributed by atoms with van der Waals surface area (Å²) in [7, 11) is 0. The quantitative estimate of drug-likeness (QED) is 0.666. The molecule has 1 aromatic heterocycles. The van der Waals surface area contributed by atoms with Crippen LogP contribution in [0.5, 0.6) is 0 Å². The van der Waals surface area contributed by atoms with Gasteiger partial charge in [-0.25, -0.2) is 8.78 Å². The molecule has 25 heavy (non-hydrogen) atoms. The number of carbonyl (C=O) groups excluding carboxylic acids is 1. The van der Waals surface area contributed by atoms with Gasteiger partial charge in [0.05, 0.1) is 11.1 Å². The molecule has 0 saturated carbocycles. The second kappa shape index (κ2) is 6.59. The largest absolute Gasteiger partial charge is 0.344 e. The summed E-state index contributed by atoms with van der Waals surface area (Å²) < 4.78 is 29.1. The Kier molecular flexibility index (Phi) is 4.49. The predicted octanol–water partition coefficient (Wildman–Crippen LogP) is 4.23. The van der Waals surface area contributed by atoms with E-state index in [9.17, 15) is 18.4 Å². The molecule has 1 heterocycles. The molecule has 0 aliphatic heterocycles. The standard InChI is InChI=1S/C20H17F2NO2/c1-3-9-23-12(2)18(19(24)13-7-5-4-6-8-13)20(25)14-10-15(21)16(22)11-17(14)23/h4-8,10-11H,3,9H2,1-2H3. The maximum atomic E-state index is 13.7. The summed E-state index contributed by atoms with van der Waals surface area (Å²) in [6.07, 6.45) is 0.719. The van der Waals surface area contributed by atoms with Gasteiger partial charge in [-0.05, 0) is 19.4 Å². The zero-order valence-electron chi connectivity index (χ0n) is 14.0.